The Morgan fingerprint density at radius 3 is 2.93 bits per heavy atom. The summed E-state index contributed by atoms with van der Waals surface area (Å²) in [5, 5.41) is 0.237. The van der Waals surface area contributed by atoms with Gasteiger partial charge in [0.05, 0.1) is 0 Å². The molecule has 0 saturated carbocycles. The third-order valence-electron chi connectivity index (χ3n) is 1.87. The van der Waals surface area contributed by atoms with Crippen molar-refractivity contribution in [3.05, 3.63) is 27.0 Å². The van der Waals surface area contributed by atoms with Crippen LogP contribution in [0.25, 0.3) is 11.0 Å². The maximum Gasteiger partial charge on any atom is 0.329 e. The van der Waals surface area contributed by atoms with E-state index in [1.807, 2.05) is 0 Å². The standard InChI is InChI=1S/C7H7N5O2/c1-12-4-3(2-9-6(8)10-4)5(13)11-7(12)14/h2H,1H3,(H2,8,9,10)(H,11,13,14). The lowest BCUT2D eigenvalue weighted by Gasteiger charge is -2.01. The van der Waals surface area contributed by atoms with E-state index >= 15 is 0 Å². The van der Waals surface area contributed by atoms with Crippen LogP contribution in [0.3, 0.4) is 0 Å². The molecule has 2 aromatic heterocycles. The summed E-state index contributed by atoms with van der Waals surface area (Å²) in [6, 6.07) is 0. The predicted octanol–water partition coefficient (Wildman–Crippen LogP) is -1.40. The van der Waals surface area contributed by atoms with E-state index in [9.17, 15) is 9.59 Å². The molecular formula is C7H7N5O2. The molecule has 2 rings (SSSR count). The number of rotatable bonds is 0. The number of aryl methyl sites for hydroxylation is 1. The minimum absolute atomic E-state index is 0.0260. The molecule has 0 unspecified atom stereocenters. The maximum absolute atomic E-state index is 11.3. The fourth-order valence-electron chi connectivity index (χ4n) is 1.15. The highest BCUT2D eigenvalue weighted by atomic mass is 16.2. The van der Waals surface area contributed by atoms with E-state index in [1.165, 1.54) is 17.8 Å². The molecule has 0 aliphatic carbocycles. The first-order valence-electron chi connectivity index (χ1n) is 3.81. The van der Waals surface area contributed by atoms with Crippen molar-refractivity contribution in [2.75, 3.05) is 5.73 Å². The molecule has 2 aromatic rings. The third-order valence-corrected chi connectivity index (χ3v) is 1.87. The zero-order chi connectivity index (χ0) is 10.3. The number of nitrogens with two attached hydrogens (primary N) is 1. The third kappa shape index (κ3) is 1.06. The smallest absolute Gasteiger partial charge is 0.329 e. The van der Waals surface area contributed by atoms with Crippen molar-refractivity contribution in [2.24, 2.45) is 7.05 Å². The van der Waals surface area contributed by atoms with Crippen molar-refractivity contribution in [2.45, 2.75) is 0 Å². The van der Waals surface area contributed by atoms with Gasteiger partial charge in [-0.2, -0.15) is 4.98 Å². The van der Waals surface area contributed by atoms with E-state index in [2.05, 4.69) is 15.0 Å². The van der Waals surface area contributed by atoms with E-state index in [0.29, 0.717) is 0 Å². The summed E-state index contributed by atoms with van der Waals surface area (Å²) in [4.78, 5) is 32.1. The molecular weight excluding hydrogens is 186 g/mol. The van der Waals surface area contributed by atoms with Gasteiger partial charge in [0.2, 0.25) is 5.95 Å². The van der Waals surface area contributed by atoms with Gasteiger partial charge in [-0.25, -0.2) is 9.78 Å². The van der Waals surface area contributed by atoms with Crippen LogP contribution in [0.15, 0.2) is 15.8 Å². The molecule has 0 saturated heterocycles. The van der Waals surface area contributed by atoms with Crippen molar-refractivity contribution in [1.82, 2.24) is 19.5 Å². The van der Waals surface area contributed by atoms with E-state index < -0.39 is 11.2 Å². The van der Waals surface area contributed by atoms with Crippen molar-refractivity contribution >= 4 is 17.0 Å². The van der Waals surface area contributed by atoms with Gasteiger partial charge in [-0.05, 0) is 0 Å². The summed E-state index contributed by atoms with van der Waals surface area (Å²) >= 11 is 0. The number of nitrogen functional groups attached to an aromatic ring is 1. The van der Waals surface area contributed by atoms with Crippen LogP contribution in [0.1, 0.15) is 0 Å². The highest BCUT2D eigenvalue weighted by Gasteiger charge is 2.05. The van der Waals surface area contributed by atoms with Crippen LogP contribution < -0.4 is 17.0 Å². The molecule has 3 N–H and O–H groups in total. The molecule has 2 heterocycles. The summed E-state index contributed by atoms with van der Waals surface area (Å²) in [5.41, 5.74) is 4.53. The normalized spacial score (nSPS) is 10.6. The minimum atomic E-state index is -0.527. The van der Waals surface area contributed by atoms with Gasteiger partial charge in [0.15, 0.2) is 5.65 Å². The fraction of sp³-hybridized carbons (Fsp3) is 0.143. The molecule has 0 aliphatic rings. The van der Waals surface area contributed by atoms with Gasteiger partial charge in [0.25, 0.3) is 5.56 Å². The quantitative estimate of drug-likeness (QED) is 0.535. The number of H-pyrrole nitrogens is 1. The zero-order valence-electron chi connectivity index (χ0n) is 7.31. The summed E-state index contributed by atoms with van der Waals surface area (Å²) in [5.74, 6) is 0.0260. The van der Waals surface area contributed by atoms with Crippen LogP contribution in [-0.2, 0) is 7.05 Å². The second-order valence-electron chi connectivity index (χ2n) is 2.78. The van der Waals surface area contributed by atoms with Crippen molar-refractivity contribution in [3.63, 3.8) is 0 Å². The van der Waals surface area contributed by atoms with Crippen LogP contribution >= 0.6 is 0 Å². The molecule has 0 atom stereocenters. The summed E-state index contributed by atoms with van der Waals surface area (Å²) in [6.45, 7) is 0. The number of fused-ring (bicyclic) bond motifs is 1. The average molecular weight is 193 g/mol. The summed E-state index contributed by atoms with van der Waals surface area (Å²) < 4.78 is 1.20. The minimum Gasteiger partial charge on any atom is -0.368 e. The molecule has 7 nitrogen and oxygen atoms in total. The van der Waals surface area contributed by atoms with E-state index in [1.54, 1.807) is 0 Å². The number of aromatic nitrogens is 4. The van der Waals surface area contributed by atoms with Crippen LogP contribution in [0.5, 0.6) is 0 Å². The molecule has 72 valence electrons. The summed E-state index contributed by atoms with van der Waals surface area (Å²) in [6.07, 6.45) is 1.29. The van der Waals surface area contributed by atoms with Gasteiger partial charge in [-0.15, -0.1) is 0 Å². The Bertz CT molecular complexity index is 611. The van der Waals surface area contributed by atoms with Crippen LogP contribution in [0.2, 0.25) is 0 Å². The average Bonchev–Trinajstić information content (AvgIpc) is 2.14. The van der Waals surface area contributed by atoms with Crippen molar-refractivity contribution in [1.29, 1.82) is 0 Å². The van der Waals surface area contributed by atoms with Gasteiger partial charge >= 0.3 is 5.69 Å². The highest BCUT2D eigenvalue weighted by molar-refractivity contribution is 5.73. The SMILES string of the molecule is Cn1c(=O)[nH]c(=O)c2cnc(N)nc21. The van der Waals surface area contributed by atoms with Crippen molar-refractivity contribution < 1.29 is 0 Å². The van der Waals surface area contributed by atoms with E-state index in [0.717, 1.165) is 0 Å². The first-order chi connectivity index (χ1) is 6.59. The number of nitrogens with zero attached hydrogens (tertiary/aromatic N) is 3. The maximum atomic E-state index is 11.3. The fourth-order valence-corrected chi connectivity index (χ4v) is 1.15. The van der Waals surface area contributed by atoms with Gasteiger partial charge in [0.1, 0.15) is 5.39 Å². The lowest BCUT2D eigenvalue weighted by atomic mass is 10.4. The molecule has 7 heteroatoms. The number of anilines is 1. The van der Waals surface area contributed by atoms with Gasteiger partial charge in [0, 0.05) is 13.2 Å². The Labute approximate surface area is 77.2 Å². The van der Waals surface area contributed by atoms with Gasteiger partial charge in [-0.3, -0.25) is 14.3 Å². The lowest BCUT2D eigenvalue weighted by Crippen LogP contribution is -2.29. The Kier molecular flexibility index (Phi) is 1.60. The second kappa shape index (κ2) is 2.66. The Morgan fingerprint density at radius 1 is 1.50 bits per heavy atom. The Balaban J connectivity index is 3.11. The molecule has 0 aromatic carbocycles. The molecule has 0 aliphatic heterocycles. The molecule has 0 radical (unpaired) electrons. The van der Waals surface area contributed by atoms with Crippen LogP contribution in [-0.4, -0.2) is 19.5 Å². The molecule has 14 heavy (non-hydrogen) atoms. The molecule has 0 amide bonds. The molecule has 0 fully saturated rings. The van der Waals surface area contributed by atoms with Gasteiger partial charge in [-0.1, -0.05) is 0 Å². The largest absolute Gasteiger partial charge is 0.368 e. The molecule has 0 spiro atoms. The van der Waals surface area contributed by atoms with E-state index in [-0.39, 0.29) is 17.0 Å². The number of hydrogen-bond acceptors (Lipinski definition) is 5. The zero-order valence-corrected chi connectivity index (χ0v) is 7.31. The lowest BCUT2D eigenvalue weighted by molar-refractivity contribution is 0.827. The highest BCUT2D eigenvalue weighted by Crippen LogP contribution is 2.02. The number of hydrogen-bond donors (Lipinski definition) is 2. The second-order valence-corrected chi connectivity index (χ2v) is 2.78. The van der Waals surface area contributed by atoms with Crippen molar-refractivity contribution in [3.8, 4) is 0 Å². The van der Waals surface area contributed by atoms with E-state index in [4.69, 9.17) is 5.73 Å². The Hall–Kier alpha value is -2.18. The first-order valence-corrected chi connectivity index (χ1v) is 3.81. The first kappa shape index (κ1) is 8.42. The number of aromatic amines is 1. The number of nitrogens with one attached hydrogen (secondary N) is 1. The monoisotopic (exact) mass is 193 g/mol. The topological polar surface area (TPSA) is 107 Å². The summed E-state index contributed by atoms with van der Waals surface area (Å²) in [7, 11) is 1.49. The Morgan fingerprint density at radius 2 is 2.21 bits per heavy atom. The predicted molar refractivity (Wildman–Crippen MR) is 49.8 cm³/mol. The van der Waals surface area contributed by atoms with Crippen LogP contribution in [0, 0.1) is 0 Å². The van der Waals surface area contributed by atoms with Crippen LogP contribution in [0.4, 0.5) is 5.95 Å². The molecule has 0 bridgehead atoms. The van der Waals surface area contributed by atoms with Gasteiger partial charge < -0.3 is 5.73 Å².